The zero-order valence-electron chi connectivity index (χ0n) is 14.4. The van der Waals surface area contributed by atoms with Crippen molar-refractivity contribution >= 4 is 29.3 Å². The third-order valence-electron chi connectivity index (χ3n) is 4.85. The number of benzene rings is 2. The average Bonchev–Trinajstić information content (AvgIpc) is 2.82. The molecule has 2 aromatic rings. The van der Waals surface area contributed by atoms with E-state index in [1.54, 1.807) is 17.8 Å². The van der Waals surface area contributed by atoms with Crippen molar-refractivity contribution in [3.8, 4) is 0 Å². The molecule has 0 aliphatic carbocycles. The number of rotatable bonds is 3. The topological polar surface area (TPSA) is 70.2 Å². The van der Waals surface area contributed by atoms with Crippen LogP contribution in [0.2, 0.25) is 0 Å². The predicted octanol–water partition coefficient (Wildman–Crippen LogP) is 3.13. The zero-order chi connectivity index (χ0) is 17.9. The Labute approximate surface area is 156 Å². The van der Waals surface area contributed by atoms with Gasteiger partial charge in [0.2, 0.25) is 0 Å². The van der Waals surface area contributed by atoms with Gasteiger partial charge >= 0.3 is 0 Å². The molecule has 26 heavy (non-hydrogen) atoms. The smallest absolute Gasteiger partial charge is 0.256 e. The maximum absolute atomic E-state index is 12.5. The van der Waals surface area contributed by atoms with Gasteiger partial charge in [-0.25, -0.2) is 0 Å². The first-order valence-corrected chi connectivity index (χ1v) is 9.73. The lowest BCUT2D eigenvalue weighted by Crippen LogP contribution is -2.36. The molecule has 0 bridgehead atoms. The Kier molecular flexibility index (Phi) is 4.95. The molecule has 0 atom stereocenters. The first-order valence-electron chi connectivity index (χ1n) is 8.92. The van der Waals surface area contributed by atoms with E-state index in [2.05, 4.69) is 16.0 Å². The molecule has 2 aromatic carbocycles. The minimum Gasteiger partial charge on any atom is -0.352 e. The van der Waals surface area contributed by atoms with Crippen LogP contribution in [0.1, 0.15) is 33.6 Å². The van der Waals surface area contributed by atoms with Gasteiger partial charge in [0.25, 0.3) is 11.8 Å². The zero-order valence-corrected chi connectivity index (χ0v) is 15.2. The third kappa shape index (κ3) is 3.61. The first kappa shape index (κ1) is 17.1. The van der Waals surface area contributed by atoms with Gasteiger partial charge in [0.1, 0.15) is 0 Å². The molecule has 1 saturated heterocycles. The summed E-state index contributed by atoms with van der Waals surface area (Å²) < 4.78 is 0. The number of hydrogen-bond acceptors (Lipinski definition) is 4. The number of amides is 2. The molecule has 0 spiro atoms. The third-order valence-corrected chi connectivity index (χ3v) is 6.00. The van der Waals surface area contributed by atoms with Crippen molar-refractivity contribution in [1.29, 1.82) is 0 Å². The van der Waals surface area contributed by atoms with Gasteiger partial charge < -0.3 is 16.0 Å². The van der Waals surface area contributed by atoms with Crippen LogP contribution in [0.5, 0.6) is 0 Å². The van der Waals surface area contributed by atoms with Crippen LogP contribution in [-0.2, 0) is 0 Å². The summed E-state index contributed by atoms with van der Waals surface area (Å²) in [6, 6.07) is 13.0. The van der Waals surface area contributed by atoms with Gasteiger partial charge in [0.05, 0.1) is 11.3 Å². The van der Waals surface area contributed by atoms with E-state index in [4.69, 9.17) is 0 Å². The summed E-state index contributed by atoms with van der Waals surface area (Å²) in [4.78, 5) is 26.8. The van der Waals surface area contributed by atoms with E-state index in [0.29, 0.717) is 29.3 Å². The molecule has 2 heterocycles. The molecule has 4 rings (SSSR count). The first-order chi connectivity index (χ1) is 12.7. The Morgan fingerprint density at radius 3 is 2.77 bits per heavy atom. The second kappa shape index (κ2) is 7.51. The van der Waals surface area contributed by atoms with E-state index in [1.807, 2.05) is 36.4 Å². The van der Waals surface area contributed by atoms with Gasteiger partial charge in [-0.1, -0.05) is 23.9 Å². The van der Waals surface area contributed by atoms with Gasteiger partial charge in [-0.3, -0.25) is 9.59 Å². The number of carbonyl (C=O) groups excluding carboxylic acids is 2. The van der Waals surface area contributed by atoms with Crippen molar-refractivity contribution in [2.75, 3.05) is 25.0 Å². The Hall–Kier alpha value is -2.31. The van der Waals surface area contributed by atoms with Crippen LogP contribution in [-0.4, -0.2) is 31.4 Å². The van der Waals surface area contributed by atoms with E-state index in [9.17, 15) is 9.59 Å². The number of piperidine rings is 1. The lowest BCUT2D eigenvalue weighted by molar-refractivity contribution is 0.0943. The fourth-order valence-corrected chi connectivity index (χ4v) is 4.34. The lowest BCUT2D eigenvalue weighted by atomic mass is 9.98. The molecule has 6 heteroatoms. The highest BCUT2D eigenvalue weighted by Crippen LogP contribution is 2.38. The number of anilines is 1. The number of carbonyl (C=O) groups is 2. The van der Waals surface area contributed by atoms with E-state index < -0.39 is 0 Å². The van der Waals surface area contributed by atoms with Gasteiger partial charge in [-0.2, -0.15) is 0 Å². The molecule has 5 nitrogen and oxygen atoms in total. The Morgan fingerprint density at radius 2 is 1.92 bits per heavy atom. The summed E-state index contributed by atoms with van der Waals surface area (Å²) in [5.74, 6) is 0.303. The Bertz CT molecular complexity index is 847. The second-order valence-corrected chi connectivity index (χ2v) is 7.75. The molecular weight excluding hydrogens is 346 g/mol. The van der Waals surface area contributed by atoms with Crippen molar-refractivity contribution in [3.05, 3.63) is 53.6 Å². The van der Waals surface area contributed by atoms with Crippen LogP contribution in [0.4, 0.5) is 5.69 Å². The van der Waals surface area contributed by atoms with E-state index in [1.165, 1.54) is 0 Å². The molecule has 134 valence electrons. The number of nitrogens with one attached hydrogen (secondary N) is 3. The maximum atomic E-state index is 12.5. The molecule has 2 aliphatic heterocycles. The Balaban J connectivity index is 1.49. The number of fused-ring (bicyclic) bond motifs is 2. The van der Waals surface area contributed by atoms with Gasteiger partial charge in [0, 0.05) is 21.9 Å². The molecular formula is C20H21N3O2S. The molecule has 3 N–H and O–H groups in total. The largest absolute Gasteiger partial charge is 0.352 e. The van der Waals surface area contributed by atoms with Crippen LogP contribution in [0.3, 0.4) is 0 Å². The highest BCUT2D eigenvalue weighted by Gasteiger charge is 2.21. The Morgan fingerprint density at radius 1 is 1.12 bits per heavy atom. The maximum Gasteiger partial charge on any atom is 0.256 e. The molecule has 2 amide bonds. The second-order valence-electron chi connectivity index (χ2n) is 6.67. The molecule has 0 radical (unpaired) electrons. The van der Waals surface area contributed by atoms with Crippen LogP contribution >= 0.6 is 11.8 Å². The van der Waals surface area contributed by atoms with Gasteiger partial charge in [-0.05, 0) is 62.2 Å². The minimum atomic E-state index is -0.140. The van der Waals surface area contributed by atoms with E-state index in [-0.39, 0.29) is 11.8 Å². The summed E-state index contributed by atoms with van der Waals surface area (Å²) in [5.41, 5.74) is 1.92. The van der Waals surface area contributed by atoms with Crippen molar-refractivity contribution in [1.82, 2.24) is 10.6 Å². The van der Waals surface area contributed by atoms with Crippen LogP contribution in [0.15, 0.2) is 52.3 Å². The standard InChI is InChI=1S/C20H21N3O2S/c24-19(22-12-13-7-9-21-10-8-13)14-5-6-18-16(11-14)23-20(25)15-3-1-2-4-17(15)26-18/h1-6,11,13,21H,7-10,12H2,(H,22,24)(H,23,25). The monoisotopic (exact) mass is 367 g/mol. The lowest BCUT2D eigenvalue weighted by Gasteiger charge is -2.22. The summed E-state index contributed by atoms with van der Waals surface area (Å²) >= 11 is 1.54. The molecule has 2 aliphatic rings. The summed E-state index contributed by atoms with van der Waals surface area (Å²) in [5, 5.41) is 9.30. The SMILES string of the molecule is O=C(NCC1CCNCC1)c1ccc2c(c1)NC(=O)c1ccccc1S2. The fourth-order valence-electron chi connectivity index (χ4n) is 3.33. The van der Waals surface area contributed by atoms with Gasteiger partial charge in [-0.15, -0.1) is 0 Å². The van der Waals surface area contributed by atoms with Crippen molar-refractivity contribution < 1.29 is 9.59 Å². The van der Waals surface area contributed by atoms with Crippen molar-refractivity contribution in [3.63, 3.8) is 0 Å². The van der Waals surface area contributed by atoms with Crippen LogP contribution in [0.25, 0.3) is 0 Å². The van der Waals surface area contributed by atoms with Crippen LogP contribution < -0.4 is 16.0 Å². The van der Waals surface area contributed by atoms with Crippen LogP contribution in [0, 0.1) is 5.92 Å². The highest BCUT2D eigenvalue weighted by molar-refractivity contribution is 7.99. The van der Waals surface area contributed by atoms with Crippen molar-refractivity contribution in [2.45, 2.75) is 22.6 Å². The van der Waals surface area contributed by atoms with E-state index in [0.717, 1.165) is 35.7 Å². The molecule has 1 fully saturated rings. The quantitative estimate of drug-likeness (QED) is 0.780. The summed E-state index contributed by atoms with van der Waals surface area (Å²) in [6.07, 6.45) is 2.19. The van der Waals surface area contributed by atoms with Crippen molar-refractivity contribution in [2.24, 2.45) is 5.92 Å². The van der Waals surface area contributed by atoms with E-state index >= 15 is 0 Å². The summed E-state index contributed by atoms with van der Waals surface area (Å²) in [6.45, 7) is 2.73. The molecule has 0 saturated carbocycles. The highest BCUT2D eigenvalue weighted by atomic mass is 32.2. The predicted molar refractivity (Wildman–Crippen MR) is 103 cm³/mol. The van der Waals surface area contributed by atoms with Gasteiger partial charge in [0.15, 0.2) is 0 Å². The average molecular weight is 367 g/mol. The summed E-state index contributed by atoms with van der Waals surface area (Å²) in [7, 11) is 0. The molecule has 0 aromatic heterocycles. The normalized spacial score (nSPS) is 16.8. The minimum absolute atomic E-state index is 0.0904. The number of hydrogen-bond donors (Lipinski definition) is 3. The fraction of sp³-hybridized carbons (Fsp3) is 0.300. The molecule has 0 unspecified atom stereocenters.